The van der Waals surface area contributed by atoms with E-state index in [2.05, 4.69) is 20.9 Å². The van der Waals surface area contributed by atoms with Gasteiger partial charge in [0.05, 0.1) is 0 Å². The molecule has 0 atom stereocenters. The smallest absolute Gasteiger partial charge is 0.164 e. The van der Waals surface area contributed by atoms with Crippen molar-refractivity contribution in [1.29, 1.82) is 0 Å². The molecule has 0 aliphatic rings. The van der Waals surface area contributed by atoms with E-state index in [-0.39, 0.29) is 0 Å². The summed E-state index contributed by atoms with van der Waals surface area (Å²) >= 11 is 3.23. The van der Waals surface area contributed by atoms with Crippen LogP contribution in [0.25, 0.3) is 5.83 Å². The van der Waals surface area contributed by atoms with Gasteiger partial charge in [-0.05, 0) is 34.5 Å². The van der Waals surface area contributed by atoms with Crippen molar-refractivity contribution in [2.45, 2.75) is 6.92 Å². The molecular formula is C8H8BrFN2. The Bertz CT molecular complexity index is 323. The van der Waals surface area contributed by atoms with Crippen LogP contribution in [-0.2, 0) is 0 Å². The van der Waals surface area contributed by atoms with E-state index < -0.39 is 5.83 Å². The molecule has 0 amide bonds. The molecule has 1 rings (SSSR count). The van der Waals surface area contributed by atoms with E-state index in [4.69, 9.17) is 5.73 Å². The van der Waals surface area contributed by atoms with Crippen molar-refractivity contribution in [2.75, 3.05) is 0 Å². The number of aryl methyl sites for hydroxylation is 1. The fourth-order valence-electron chi connectivity index (χ4n) is 0.869. The lowest BCUT2D eigenvalue weighted by atomic mass is 10.2. The fourth-order valence-corrected chi connectivity index (χ4v) is 1.32. The van der Waals surface area contributed by atoms with Gasteiger partial charge in [-0.25, -0.2) is 4.39 Å². The summed E-state index contributed by atoms with van der Waals surface area (Å²) < 4.78 is 13.7. The predicted molar refractivity (Wildman–Crippen MR) is 49.9 cm³/mol. The van der Waals surface area contributed by atoms with E-state index in [1.165, 1.54) is 6.20 Å². The normalized spacial score (nSPS) is 11.8. The third-order valence-electron chi connectivity index (χ3n) is 1.42. The Morgan fingerprint density at radius 1 is 1.75 bits per heavy atom. The summed E-state index contributed by atoms with van der Waals surface area (Å²) in [5.41, 5.74) is 6.07. The first-order chi connectivity index (χ1) is 5.65. The van der Waals surface area contributed by atoms with E-state index in [0.29, 0.717) is 5.69 Å². The molecule has 0 aliphatic carbocycles. The molecule has 0 unspecified atom stereocenters. The fraction of sp³-hybridized carbons (Fsp3) is 0.125. The monoisotopic (exact) mass is 230 g/mol. The van der Waals surface area contributed by atoms with Gasteiger partial charge in [0.1, 0.15) is 5.69 Å². The van der Waals surface area contributed by atoms with E-state index in [0.717, 1.165) is 16.2 Å². The van der Waals surface area contributed by atoms with Crippen LogP contribution < -0.4 is 5.73 Å². The zero-order valence-electron chi connectivity index (χ0n) is 6.51. The topological polar surface area (TPSA) is 38.9 Å². The van der Waals surface area contributed by atoms with Crippen LogP contribution in [0.15, 0.2) is 22.9 Å². The Labute approximate surface area is 78.4 Å². The molecular weight excluding hydrogens is 223 g/mol. The number of nitrogens with zero attached hydrogens (tertiary/aromatic N) is 1. The lowest BCUT2D eigenvalue weighted by molar-refractivity contribution is 0.747. The molecule has 0 bridgehead atoms. The van der Waals surface area contributed by atoms with Gasteiger partial charge in [-0.15, -0.1) is 0 Å². The van der Waals surface area contributed by atoms with Gasteiger partial charge in [-0.1, -0.05) is 0 Å². The molecule has 2 N–H and O–H groups in total. The van der Waals surface area contributed by atoms with Crippen LogP contribution in [0.5, 0.6) is 0 Å². The average Bonchev–Trinajstić information content (AvgIpc) is 2.03. The van der Waals surface area contributed by atoms with Gasteiger partial charge in [-0.2, -0.15) is 0 Å². The Kier molecular flexibility index (Phi) is 2.81. The Morgan fingerprint density at radius 2 is 2.42 bits per heavy atom. The van der Waals surface area contributed by atoms with Crippen molar-refractivity contribution in [1.82, 2.24) is 4.98 Å². The first-order valence-electron chi connectivity index (χ1n) is 3.35. The van der Waals surface area contributed by atoms with Crippen molar-refractivity contribution in [2.24, 2.45) is 5.73 Å². The summed E-state index contributed by atoms with van der Waals surface area (Å²) in [7, 11) is 0. The molecule has 0 saturated heterocycles. The van der Waals surface area contributed by atoms with Crippen LogP contribution in [0, 0.1) is 6.92 Å². The molecule has 0 saturated carbocycles. The maximum atomic E-state index is 12.9. The standard InChI is InChI=1S/C8H8BrFN2/c1-5-2-6(9)4-12-8(5)7(10)3-11/h2-4H,11H2,1H3/b7-3+. The summed E-state index contributed by atoms with van der Waals surface area (Å²) in [4.78, 5) is 3.88. The number of rotatable bonds is 1. The van der Waals surface area contributed by atoms with Crippen molar-refractivity contribution < 1.29 is 4.39 Å². The second-order valence-electron chi connectivity index (χ2n) is 2.33. The van der Waals surface area contributed by atoms with Crippen LogP contribution in [0.1, 0.15) is 11.3 Å². The van der Waals surface area contributed by atoms with Crippen molar-refractivity contribution in [3.63, 3.8) is 0 Å². The quantitative estimate of drug-likeness (QED) is 0.805. The summed E-state index contributed by atoms with van der Waals surface area (Å²) in [5, 5.41) is 0. The Balaban J connectivity index is 3.18. The first-order valence-corrected chi connectivity index (χ1v) is 4.14. The highest BCUT2D eigenvalue weighted by molar-refractivity contribution is 9.10. The van der Waals surface area contributed by atoms with Crippen LogP contribution in [0.2, 0.25) is 0 Å². The molecule has 0 radical (unpaired) electrons. The molecule has 1 aromatic rings. The predicted octanol–water partition coefficient (Wildman–Crippen LogP) is 2.38. The van der Waals surface area contributed by atoms with Crippen LogP contribution in [0.3, 0.4) is 0 Å². The van der Waals surface area contributed by atoms with E-state index in [9.17, 15) is 4.39 Å². The number of hydrogen-bond acceptors (Lipinski definition) is 2. The number of pyridine rings is 1. The second kappa shape index (κ2) is 3.67. The van der Waals surface area contributed by atoms with Gasteiger partial charge in [0, 0.05) is 16.9 Å². The van der Waals surface area contributed by atoms with Gasteiger partial charge in [0.2, 0.25) is 0 Å². The van der Waals surface area contributed by atoms with E-state index in [1.807, 2.05) is 0 Å². The highest BCUT2D eigenvalue weighted by Crippen LogP contribution is 2.19. The number of nitrogens with two attached hydrogens (primary N) is 1. The zero-order chi connectivity index (χ0) is 9.14. The van der Waals surface area contributed by atoms with Gasteiger partial charge in [0.25, 0.3) is 0 Å². The third kappa shape index (κ3) is 1.82. The van der Waals surface area contributed by atoms with Crippen LogP contribution in [-0.4, -0.2) is 4.98 Å². The van der Waals surface area contributed by atoms with Crippen molar-refractivity contribution >= 4 is 21.8 Å². The van der Waals surface area contributed by atoms with E-state index in [1.54, 1.807) is 13.0 Å². The van der Waals surface area contributed by atoms with Gasteiger partial charge in [0.15, 0.2) is 5.83 Å². The maximum Gasteiger partial charge on any atom is 0.164 e. The maximum absolute atomic E-state index is 12.9. The molecule has 4 heteroatoms. The summed E-state index contributed by atoms with van der Waals surface area (Å²) in [6.45, 7) is 1.77. The highest BCUT2D eigenvalue weighted by atomic mass is 79.9. The van der Waals surface area contributed by atoms with E-state index >= 15 is 0 Å². The number of halogens is 2. The Morgan fingerprint density at radius 3 is 2.92 bits per heavy atom. The third-order valence-corrected chi connectivity index (χ3v) is 1.85. The molecule has 0 fully saturated rings. The SMILES string of the molecule is Cc1cc(Br)cnc1/C(F)=C\N. The molecule has 0 aromatic carbocycles. The Hall–Kier alpha value is -0.900. The van der Waals surface area contributed by atoms with Crippen LogP contribution >= 0.6 is 15.9 Å². The largest absolute Gasteiger partial charge is 0.402 e. The lowest BCUT2D eigenvalue weighted by Crippen LogP contribution is -1.92. The molecule has 0 spiro atoms. The summed E-state index contributed by atoms with van der Waals surface area (Å²) in [6.07, 6.45) is 2.44. The highest BCUT2D eigenvalue weighted by Gasteiger charge is 2.04. The van der Waals surface area contributed by atoms with Crippen molar-refractivity contribution in [3.8, 4) is 0 Å². The minimum Gasteiger partial charge on any atom is -0.402 e. The molecule has 64 valence electrons. The average molecular weight is 231 g/mol. The molecule has 1 heterocycles. The number of aromatic nitrogens is 1. The summed E-state index contributed by atoms with van der Waals surface area (Å²) in [5.74, 6) is -0.500. The second-order valence-corrected chi connectivity index (χ2v) is 3.25. The minimum atomic E-state index is -0.500. The molecule has 0 aliphatic heterocycles. The first kappa shape index (κ1) is 9.19. The lowest BCUT2D eigenvalue weighted by Gasteiger charge is -2.01. The zero-order valence-corrected chi connectivity index (χ0v) is 8.10. The molecule has 2 nitrogen and oxygen atoms in total. The minimum absolute atomic E-state index is 0.292. The summed E-state index contributed by atoms with van der Waals surface area (Å²) in [6, 6.07) is 1.78. The van der Waals surface area contributed by atoms with Gasteiger partial charge in [-0.3, -0.25) is 4.98 Å². The van der Waals surface area contributed by atoms with Gasteiger partial charge >= 0.3 is 0 Å². The molecule has 12 heavy (non-hydrogen) atoms. The molecule has 1 aromatic heterocycles. The van der Waals surface area contributed by atoms with Crippen LogP contribution in [0.4, 0.5) is 4.39 Å². The van der Waals surface area contributed by atoms with Crippen molar-refractivity contribution in [3.05, 3.63) is 34.2 Å². The number of hydrogen-bond donors (Lipinski definition) is 1. The van der Waals surface area contributed by atoms with Gasteiger partial charge < -0.3 is 5.73 Å².